The first-order valence-electron chi connectivity index (χ1n) is 6.31. The van der Waals surface area contributed by atoms with Gasteiger partial charge in [-0.1, -0.05) is 0 Å². The van der Waals surface area contributed by atoms with Gasteiger partial charge in [-0.2, -0.15) is 0 Å². The third-order valence-electron chi connectivity index (χ3n) is 2.82. The van der Waals surface area contributed by atoms with E-state index in [-0.39, 0.29) is 18.4 Å². The van der Waals surface area contributed by atoms with E-state index >= 15 is 0 Å². The molecule has 0 spiro atoms. The normalized spacial score (nSPS) is 12.6. The molecule has 0 amide bonds. The van der Waals surface area contributed by atoms with Gasteiger partial charge >= 0.3 is 0 Å². The summed E-state index contributed by atoms with van der Waals surface area (Å²) in [5.41, 5.74) is 0.676. The molecule has 0 aliphatic carbocycles. The predicted molar refractivity (Wildman–Crippen MR) is 83.3 cm³/mol. The van der Waals surface area contributed by atoms with Crippen LogP contribution in [-0.4, -0.2) is 34.7 Å². The van der Waals surface area contributed by atoms with Gasteiger partial charge in [-0.3, -0.25) is 0 Å². The van der Waals surface area contributed by atoms with E-state index in [1.165, 1.54) is 0 Å². The van der Waals surface area contributed by atoms with Crippen molar-refractivity contribution in [2.75, 3.05) is 20.2 Å². The Bertz CT molecular complexity index is 520. The molecule has 0 radical (unpaired) electrons. The van der Waals surface area contributed by atoms with Crippen LogP contribution in [0.3, 0.4) is 0 Å². The highest BCUT2D eigenvalue weighted by molar-refractivity contribution is 7.89. The first-order valence-corrected chi connectivity index (χ1v) is 7.79. The molecule has 0 aliphatic heterocycles. The van der Waals surface area contributed by atoms with Crippen molar-refractivity contribution in [1.82, 2.24) is 10.0 Å². The van der Waals surface area contributed by atoms with Crippen LogP contribution in [0.25, 0.3) is 0 Å². The van der Waals surface area contributed by atoms with Gasteiger partial charge in [0.15, 0.2) is 0 Å². The lowest BCUT2D eigenvalue weighted by Gasteiger charge is -2.14. The van der Waals surface area contributed by atoms with E-state index in [4.69, 9.17) is 4.74 Å². The molecule has 0 aliphatic rings. The summed E-state index contributed by atoms with van der Waals surface area (Å²) in [5, 5.41) is 2.98. The number of rotatable bonds is 7. The van der Waals surface area contributed by atoms with Gasteiger partial charge in [0.05, 0.1) is 11.5 Å². The number of benzene rings is 1. The Labute approximate surface area is 127 Å². The van der Waals surface area contributed by atoms with Gasteiger partial charge in [0.2, 0.25) is 10.0 Å². The van der Waals surface area contributed by atoms with E-state index in [1.54, 1.807) is 32.2 Å². The lowest BCUT2D eigenvalue weighted by Crippen LogP contribution is -2.37. The predicted octanol–water partition coefficient (Wildman–Crippen LogP) is 1.70. The summed E-state index contributed by atoms with van der Waals surface area (Å²) >= 11 is 0. The summed E-state index contributed by atoms with van der Waals surface area (Å²) in [4.78, 5) is 0.291. The van der Waals surface area contributed by atoms with Gasteiger partial charge < -0.3 is 10.1 Å². The Hall–Kier alpha value is -0.820. The highest BCUT2D eigenvalue weighted by Gasteiger charge is 2.17. The maximum atomic E-state index is 12.2. The van der Waals surface area contributed by atoms with Gasteiger partial charge in [-0.05, 0) is 51.6 Å². The fourth-order valence-corrected chi connectivity index (χ4v) is 2.95. The highest BCUT2D eigenvalue weighted by Crippen LogP contribution is 2.21. The molecule has 5 nitrogen and oxygen atoms in total. The largest absolute Gasteiger partial charge is 0.494 e. The smallest absolute Gasteiger partial charge is 0.240 e. The molecular formula is C13H23ClN2O3S. The van der Waals surface area contributed by atoms with Crippen molar-refractivity contribution in [2.45, 2.75) is 31.7 Å². The maximum absolute atomic E-state index is 12.2. The summed E-state index contributed by atoms with van der Waals surface area (Å²) in [7, 11) is -1.68. The van der Waals surface area contributed by atoms with Crippen molar-refractivity contribution < 1.29 is 13.2 Å². The molecule has 0 bridgehead atoms. The molecule has 1 unspecified atom stereocenters. The summed E-state index contributed by atoms with van der Waals surface area (Å²) in [6, 6.07) is 5.07. The minimum absolute atomic E-state index is 0. The van der Waals surface area contributed by atoms with Crippen molar-refractivity contribution in [3.05, 3.63) is 23.8 Å². The minimum atomic E-state index is -3.47. The Kier molecular flexibility index (Phi) is 8.12. The van der Waals surface area contributed by atoms with Gasteiger partial charge in [0, 0.05) is 12.6 Å². The van der Waals surface area contributed by atoms with Crippen LogP contribution in [0.1, 0.15) is 19.4 Å². The third kappa shape index (κ3) is 5.28. The molecular weight excluding hydrogens is 300 g/mol. The van der Waals surface area contributed by atoms with Crippen LogP contribution in [0, 0.1) is 6.92 Å². The average Bonchev–Trinajstić information content (AvgIpc) is 2.36. The lowest BCUT2D eigenvalue weighted by atomic mass is 10.2. The van der Waals surface area contributed by atoms with Crippen molar-refractivity contribution in [1.29, 1.82) is 0 Å². The van der Waals surface area contributed by atoms with Crippen LogP contribution in [0.4, 0.5) is 0 Å². The Balaban J connectivity index is 0.00000361. The van der Waals surface area contributed by atoms with Crippen LogP contribution in [-0.2, 0) is 10.0 Å². The monoisotopic (exact) mass is 322 g/mol. The zero-order valence-electron chi connectivity index (χ0n) is 12.3. The summed E-state index contributed by atoms with van der Waals surface area (Å²) in [6.45, 7) is 6.47. The van der Waals surface area contributed by atoms with Crippen LogP contribution in [0.2, 0.25) is 0 Å². The van der Waals surface area contributed by atoms with Gasteiger partial charge in [0.25, 0.3) is 0 Å². The molecule has 0 aromatic heterocycles. The molecule has 20 heavy (non-hydrogen) atoms. The fraction of sp³-hybridized carbons (Fsp3) is 0.538. The van der Waals surface area contributed by atoms with Gasteiger partial charge in [-0.25, -0.2) is 13.1 Å². The summed E-state index contributed by atoms with van der Waals surface area (Å²) < 4.78 is 32.3. The molecule has 116 valence electrons. The molecule has 0 saturated heterocycles. The fourth-order valence-electron chi connectivity index (χ4n) is 1.59. The number of sulfonamides is 1. The van der Waals surface area contributed by atoms with E-state index in [1.807, 2.05) is 13.8 Å². The van der Waals surface area contributed by atoms with Crippen molar-refractivity contribution in [3.8, 4) is 5.75 Å². The second-order valence-electron chi connectivity index (χ2n) is 4.40. The molecule has 7 heteroatoms. The van der Waals surface area contributed by atoms with E-state index in [9.17, 15) is 8.42 Å². The van der Waals surface area contributed by atoms with Crippen LogP contribution < -0.4 is 14.8 Å². The summed E-state index contributed by atoms with van der Waals surface area (Å²) in [5.74, 6) is 0.683. The number of aryl methyl sites for hydroxylation is 1. The Morgan fingerprint density at radius 2 is 2.00 bits per heavy atom. The molecule has 1 aromatic carbocycles. The van der Waals surface area contributed by atoms with Gasteiger partial charge in [0.1, 0.15) is 5.75 Å². The number of hydrogen-bond acceptors (Lipinski definition) is 4. The molecule has 0 saturated carbocycles. The zero-order chi connectivity index (χ0) is 14.5. The molecule has 1 aromatic rings. The highest BCUT2D eigenvalue weighted by atomic mass is 35.5. The van der Waals surface area contributed by atoms with Crippen molar-refractivity contribution >= 4 is 22.4 Å². The van der Waals surface area contributed by atoms with E-state index in [2.05, 4.69) is 10.0 Å². The molecule has 1 rings (SSSR count). The Morgan fingerprint density at radius 1 is 1.35 bits per heavy atom. The molecule has 2 N–H and O–H groups in total. The number of halogens is 1. The van der Waals surface area contributed by atoms with E-state index in [0.717, 1.165) is 0 Å². The zero-order valence-corrected chi connectivity index (χ0v) is 13.9. The Morgan fingerprint density at radius 3 is 2.50 bits per heavy atom. The number of likely N-dealkylation sites (N-methyl/N-ethyl adjacent to an activating group) is 1. The number of ether oxygens (including phenoxy) is 1. The van der Waals surface area contributed by atoms with Gasteiger partial charge in [-0.15, -0.1) is 12.4 Å². The second-order valence-corrected chi connectivity index (χ2v) is 6.14. The average molecular weight is 323 g/mol. The first-order chi connectivity index (χ1) is 8.90. The van der Waals surface area contributed by atoms with Crippen molar-refractivity contribution in [2.24, 2.45) is 0 Å². The maximum Gasteiger partial charge on any atom is 0.240 e. The molecule has 0 heterocycles. The lowest BCUT2D eigenvalue weighted by molar-refractivity contribution is 0.339. The quantitative estimate of drug-likeness (QED) is 0.802. The number of nitrogens with one attached hydrogen (secondary N) is 2. The second kappa shape index (κ2) is 8.46. The van der Waals surface area contributed by atoms with Crippen LogP contribution in [0.15, 0.2) is 23.1 Å². The third-order valence-corrected chi connectivity index (χ3v) is 4.40. The standard InChI is InChI=1S/C13H22N2O3S.ClH/c1-5-18-12-6-7-13(10(2)8-12)19(16,17)15-9-11(3)14-4;/h6-8,11,14-15H,5,9H2,1-4H3;1H. The first kappa shape index (κ1) is 19.2. The molecule has 1 atom stereocenters. The topological polar surface area (TPSA) is 67.4 Å². The number of hydrogen-bond donors (Lipinski definition) is 2. The minimum Gasteiger partial charge on any atom is -0.494 e. The van der Waals surface area contributed by atoms with Crippen LogP contribution >= 0.6 is 12.4 Å². The SMILES string of the molecule is CCOc1ccc(S(=O)(=O)NCC(C)NC)c(C)c1.Cl. The molecule has 0 fully saturated rings. The van der Waals surface area contributed by atoms with Crippen molar-refractivity contribution in [3.63, 3.8) is 0 Å². The van der Waals surface area contributed by atoms with E-state index in [0.29, 0.717) is 29.4 Å². The van der Waals surface area contributed by atoms with Crippen LogP contribution in [0.5, 0.6) is 5.75 Å². The summed E-state index contributed by atoms with van der Waals surface area (Å²) in [6.07, 6.45) is 0. The van der Waals surface area contributed by atoms with E-state index < -0.39 is 10.0 Å².